The Morgan fingerprint density at radius 3 is 2.71 bits per heavy atom. The molecule has 0 fully saturated rings. The highest BCUT2D eigenvalue weighted by atomic mass is 35.5. The van der Waals surface area contributed by atoms with E-state index in [4.69, 9.17) is 11.6 Å². The van der Waals surface area contributed by atoms with Crippen molar-refractivity contribution in [2.75, 3.05) is 5.32 Å². The molecule has 2 aromatic heterocycles. The minimum Gasteiger partial charge on any atom is -0.357 e. The van der Waals surface area contributed by atoms with Gasteiger partial charge in [0.15, 0.2) is 0 Å². The third-order valence-corrected chi connectivity index (χ3v) is 6.10. The van der Waals surface area contributed by atoms with E-state index in [1.807, 2.05) is 19.1 Å². The molecule has 24 heavy (non-hydrogen) atoms. The topological polar surface area (TPSA) is 44.9 Å². The van der Waals surface area contributed by atoms with Crippen molar-refractivity contribution in [2.24, 2.45) is 0 Å². The zero-order chi connectivity index (χ0) is 16.7. The maximum atomic E-state index is 12.8. The summed E-state index contributed by atoms with van der Waals surface area (Å²) in [4.78, 5) is 17.4. The summed E-state index contributed by atoms with van der Waals surface area (Å²) in [6.45, 7) is 2.03. The van der Waals surface area contributed by atoms with Gasteiger partial charge in [-0.1, -0.05) is 18.0 Å². The molecular formula is C19H19ClN2OS. The fourth-order valence-corrected chi connectivity index (χ4v) is 4.83. The van der Waals surface area contributed by atoms with Crippen LogP contribution in [0.25, 0.3) is 10.2 Å². The Balaban J connectivity index is 1.71. The predicted molar refractivity (Wildman–Crippen MR) is 102 cm³/mol. The first-order valence-corrected chi connectivity index (χ1v) is 9.52. The maximum Gasteiger partial charge on any atom is 0.258 e. The smallest absolute Gasteiger partial charge is 0.258 e. The lowest BCUT2D eigenvalue weighted by Crippen LogP contribution is -2.12. The molecule has 0 spiro atoms. The van der Waals surface area contributed by atoms with E-state index in [1.54, 1.807) is 23.5 Å². The summed E-state index contributed by atoms with van der Waals surface area (Å²) in [6.07, 6.45) is 5.97. The van der Waals surface area contributed by atoms with Gasteiger partial charge in [-0.2, -0.15) is 0 Å². The standard InChI is InChI=1S/C19H19ClN2OS/c1-11-16(19(23)21-13-9-7-12(20)8-10-13)17-18(24-11)14-5-3-2-4-6-15(14)22-17/h7-10,22H,2-6H2,1H3,(H,21,23). The van der Waals surface area contributed by atoms with Crippen LogP contribution in [0.5, 0.6) is 0 Å². The monoisotopic (exact) mass is 358 g/mol. The molecule has 2 heterocycles. The van der Waals surface area contributed by atoms with Gasteiger partial charge >= 0.3 is 0 Å². The van der Waals surface area contributed by atoms with Gasteiger partial charge in [0.2, 0.25) is 0 Å². The quantitative estimate of drug-likeness (QED) is 0.566. The van der Waals surface area contributed by atoms with Gasteiger partial charge in [-0.15, -0.1) is 11.3 Å². The van der Waals surface area contributed by atoms with E-state index in [-0.39, 0.29) is 5.91 Å². The third kappa shape index (κ3) is 2.74. The van der Waals surface area contributed by atoms with Crippen LogP contribution in [-0.2, 0) is 12.8 Å². The number of anilines is 1. The Bertz CT molecular complexity index is 908. The number of thiophene rings is 1. The average Bonchev–Trinajstić information content (AvgIpc) is 2.93. The average molecular weight is 359 g/mol. The molecule has 0 aliphatic heterocycles. The molecule has 1 aromatic carbocycles. The van der Waals surface area contributed by atoms with Gasteiger partial charge in [0.25, 0.3) is 5.91 Å². The van der Waals surface area contributed by atoms with Crippen molar-refractivity contribution in [1.29, 1.82) is 0 Å². The predicted octanol–water partition coefficient (Wildman–Crippen LogP) is 5.71. The minimum atomic E-state index is -0.0579. The van der Waals surface area contributed by atoms with Crippen LogP contribution in [0.2, 0.25) is 5.02 Å². The van der Waals surface area contributed by atoms with Crippen LogP contribution in [0.4, 0.5) is 5.69 Å². The second kappa shape index (κ2) is 6.26. The van der Waals surface area contributed by atoms with Crippen LogP contribution >= 0.6 is 22.9 Å². The van der Waals surface area contributed by atoms with Crippen molar-refractivity contribution in [3.05, 3.63) is 51.0 Å². The normalized spacial score (nSPS) is 14.4. The van der Waals surface area contributed by atoms with Crippen LogP contribution in [-0.4, -0.2) is 10.9 Å². The van der Waals surface area contributed by atoms with Crippen molar-refractivity contribution < 1.29 is 4.79 Å². The number of halogens is 1. The number of aromatic amines is 1. The molecule has 2 N–H and O–H groups in total. The number of hydrogen-bond donors (Lipinski definition) is 2. The molecule has 0 bridgehead atoms. The highest BCUT2D eigenvalue weighted by Crippen LogP contribution is 2.37. The number of rotatable bonds is 2. The molecule has 3 aromatic rings. The summed E-state index contributed by atoms with van der Waals surface area (Å²) in [5.74, 6) is -0.0579. The Morgan fingerprint density at radius 2 is 1.92 bits per heavy atom. The molecular weight excluding hydrogens is 340 g/mol. The molecule has 0 saturated heterocycles. The zero-order valence-corrected chi connectivity index (χ0v) is 15.1. The van der Waals surface area contributed by atoms with Crippen LogP contribution in [0.3, 0.4) is 0 Å². The van der Waals surface area contributed by atoms with Crippen molar-refractivity contribution in [1.82, 2.24) is 4.98 Å². The summed E-state index contributed by atoms with van der Waals surface area (Å²) in [5, 5.41) is 3.65. The number of nitrogens with one attached hydrogen (secondary N) is 2. The van der Waals surface area contributed by atoms with Crippen LogP contribution in [0, 0.1) is 6.92 Å². The van der Waals surface area contributed by atoms with Gasteiger partial charge in [0, 0.05) is 21.3 Å². The Kier molecular flexibility index (Phi) is 4.10. The lowest BCUT2D eigenvalue weighted by atomic mass is 10.1. The maximum absolute atomic E-state index is 12.8. The minimum absolute atomic E-state index is 0.0579. The summed E-state index contributed by atoms with van der Waals surface area (Å²) in [5.41, 5.74) is 5.31. The van der Waals surface area contributed by atoms with Crippen LogP contribution in [0.1, 0.15) is 45.8 Å². The highest BCUT2D eigenvalue weighted by Gasteiger charge is 2.23. The molecule has 3 nitrogen and oxygen atoms in total. The number of carbonyl (C=O) groups excluding carboxylic acids is 1. The number of benzene rings is 1. The van der Waals surface area contributed by atoms with Crippen LogP contribution < -0.4 is 5.32 Å². The summed E-state index contributed by atoms with van der Waals surface area (Å²) in [6, 6.07) is 7.21. The van der Waals surface area contributed by atoms with Crippen LogP contribution in [0.15, 0.2) is 24.3 Å². The van der Waals surface area contributed by atoms with E-state index in [0.29, 0.717) is 5.02 Å². The molecule has 0 atom stereocenters. The fourth-order valence-electron chi connectivity index (χ4n) is 3.50. The van der Waals surface area contributed by atoms with Crippen molar-refractivity contribution in [2.45, 2.75) is 39.0 Å². The number of amides is 1. The van der Waals surface area contributed by atoms with Crippen molar-refractivity contribution >= 4 is 44.7 Å². The van der Waals surface area contributed by atoms with Gasteiger partial charge < -0.3 is 10.3 Å². The Hall–Kier alpha value is -1.78. The summed E-state index contributed by atoms with van der Waals surface area (Å²) < 4.78 is 1.27. The lowest BCUT2D eigenvalue weighted by molar-refractivity contribution is 0.102. The molecule has 0 radical (unpaired) electrons. The zero-order valence-electron chi connectivity index (χ0n) is 13.5. The molecule has 1 aliphatic rings. The van der Waals surface area contributed by atoms with E-state index in [2.05, 4.69) is 10.3 Å². The first kappa shape index (κ1) is 15.7. The molecule has 1 aliphatic carbocycles. The van der Waals surface area contributed by atoms with E-state index < -0.39 is 0 Å². The number of aryl methyl sites for hydroxylation is 3. The number of carbonyl (C=O) groups is 1. The second-order valence-electron chi connectivity index (χ2n) is 6.34. The number of hydrogen-bond acceptors (Lipinski definition) is 2. The highest BCUT2D eigenvalue weighted by molar-refractivity contribution is 7.19. The SMILES string of the molecule is Cc1sc2c3c([nH]c2c1C(=O)Nc1ccc(Cl)cc1)CCCCC3. The Labute approximate surface area is 150 Å². The number of aromatic nitrogens is 1. The largest absolute Gasteiger partial charge is 0.357 e. The van der Waals surface area contributed by atoms with E-state index in [1.165, 1.54) is 35.2 Å². The van der Waals surface area contributed by atoms with Crippen molar-refractivity contribution in [3.8, 4) is 0 Å². The number of fused-ring (bicyclic) bond motifs is 3. The molecule has 1 amide bonds. The first-order chi connectivity index (χ1) is 11.6. The third-order valence-electron chi connectivity index (χ3n) is 4.68. The molecule has 5 heteroatoms. The molecule has 0 unspecified atom stereocenters. The fraction of sp³-hybridized carbons (Fsp3) is 0.316. The summed E-state index contributed by atoms with van der Waals surface area (Å²) in [7, 11) is 0. The summed E-state index contributed by atoms with van der Waals surface area (Å²) >= 11 is 7.64. The van der Waals surface area contributed by atoms with Gasteiger partial charge in [0.05, 0.1) is 15.8 Å². The van der Waals surface area contributed by atoms with E-state index in [9.17, 15) is 4.79 Å². The number of H-pyrrole nitrogens is 1. The van der Waals surface area contributed by atoms with Gasteiger partial charge in [-0.25, -0.2) is 0 Å². The first-order valence-electron chi connectivity index (χ1n) is 8.33. The van der Waals surface area contributed by atoms with Gasteiger partial charge in [-0.05, 0) is 62.4 Å². The molecule has 124 valence electrons. The lowest BCUT2D eigenvalue weighted by Gasteiger charge is -2.05. The Morgan fingerprint density at radius 1 is 1.17 bits per heavy atom. The van der Waals surface area contributed by atoms with Gasteiger partial charge in [-0.3, -0.25) is 4.79 Å². The molecule has 0 saturated carbocycles. The van der Waals surface area contributed by atoms with Crippen molar-refractivity contribution in [3.63, 3.8) is 0 Å². The van der Waals surface area contributed by atoms with E-state index in [0.717, 1.165) is 34.5 Å². The second-order valence-corrected chi connectivity index (χ2v) is 8.00. The van der Waals surface area contributed by atoms with E-state index >= 15 is 0 Å². The van der Waals surface area contributed by atoms with Gasteiger partial charge in [0.1, 0.15) is 0 Å². The molecule has 4 rings (SSSR count).